The molecule has 0 aromatic carbocycles. The van der Waals surface area contributed by atoms with Crippen LogP contribution >= 0.6 is 0 Å². The third-order valence-electron chi connectivity index (χ3n) is 1.28. The van der Waals surface area contributed by atoms with Crippen LogP contribution in [-0.2, 0) is 9.53 Å². The number of quaternary nitrogens is 1. The van der Waals surface area contributed by atoms with Crippen LogP contribution in [0.25, 0.3) is 0 Å². The second-order valence-electron chi connectivity index (χ2n) is 3.80. The second-order valence-corrected chi connectivity index (χ2v) is 3.80. The van der Waals surface area contributed by atoms with Crippen LogP contribution in [0.2, 0.25) is 0 Å². The molecule has 12 heavy (non-hydrogen) atoms. The number of rotatable bonds is 5. The zero-order valence-electron chi connectivity index (χ0n) is 8.33. The van der Waals surface area contributed by atoms with Crippen molar-refractivity contribution in [3.8, 4) is 0 Å². The van der Waals surface area contributed by atoms with Gasteiger partial charge in [-0.15, -0.1) is 0 Å². The van der Waals surface area contributed by atoms with Crippen LogP contribution in [-0.4, -0.2) is 44.6 Å². The summed E-state index contributed by atoms with van der Waals surface area (Å²) in [7, 11) is 6.29. The van der Waals surface area contributed by atoms with Crippen molar-refractivity contribution in [2.24, 2.45) is 0 Å². The van der Waals surface area contributed by atoms with Gasteiger partial charge in [-0.2, -0.15) is 0 Å². The second kappa shape index (κ2) is 4.93. The fourth-order valence-corrected chi connectivity index (χ4v) is 0.539. The highest BCUT2D eigenvalue weighted by molar-refractivity contribution is 5.86. The molecule has 0 radical (unpaired) electrons. The summed E-state index contributed by atoms with van der Waals surface area (Å²) >= 11 is 0. The Morgan fingerprint density at radius 2 is 2.00 bits per heavy atom. The number of likely N-dealkylation sites (N-methyl/N-ethyl adjacent to an activating group) is 1. The minimum Gasteiger partial charge on any atom is -0.495 e. The highest BCUT2D eigenvalue weighted by Gasteiger charge is 2.04. The standard InChI is InChI=1S/C9H18NO2/c1-9(11)5-7-12-8-6-10(2,3)4/h5,7H,6,8H2,1-4H3/q+1/b7-5+. The van der Waals surface area contributed by atoms with Crippen molar-refractivity contribution < 1.29 is 14.0 Å². The topological polar surface area (TPSA) is 26.3 Å². The maximum atomic E-state index is 10.4. The smallest absolute Gasteiger partial charge is 0.155 e. The molecule has 0 aliphatic rings. The molecule has 0 fully saturated rings. The van der Waals surface area contributed by atoms with E-state index in [4.69, 9.17) is 4.74 Å². The summed E-state index contributed by atoms with van der Waals surface area (Å²) in [4.78, 5) is 10.4. The first kappa shape index (κ1) is 11.2. The first-order chi connectivity index (χ1) is 5.42. The summed E-state index contributed by atoms with van der Waals surface area (Å²) in [6.07, 6.45) is 2.88. The summed E-state index contributed by atoms with van der Waals surface area (Å²) in [6, 6.07) is 0. The van der Waals surface area contributed by atoms with Crippen LogP contribution in [0.15, 0.2) is 12.3 Å². The van der Waals surface area contributed by atoms with Gasteiger partial charge in [-0.25, -0.2) is 0 Å². The predicted molar refractivity (Wildman–Crippen MR) is 48.7 cm³/mol. The fourth-order valence-electron chi connectivity index (χ4n) is 0.539. The van der Waals surface area contributed by atoms with Gasteiger partial charge < -0.3 is 9.22 Å². The molecule has 0 unspecified atom stereocenters. The van der Waals surface area contributed by atoms with Crippen molar-refractivity contribution in [1.29, 1.82) is 0 Å². The molecule has 0 aromatic heterocycles. The monoisotopic (exact) mass is 172 g/mol. The van der Waals surface area contributed by atoms with Crippen LogP contribution in [0.3, 0.4) is 0 Å². The molecule has 0 aliphatic carbocycles. The van der Waals surface area contributed by atoms with Gasteiger partial charge in [-0.05, 0) is 6.92 Å². The Morgan fingerprint density at radius 1 is 1.42 bits per heavy atom. The van der Waals surface area contributed by atoms with Crippen LogP contribution < -0.4 is 0 Å². The fraction of sp³-hybridized carbons (Fsp3) is 0.667. The quantitative estimate of drug-likeness (QED) is 0.265. The van der Waals surface area contributed by atoms with E-state index in [0.717, 1.165) is 11.0 Å². The van der Waals surface area contributed by atoms with Crippen LogP contribution in [0.4, 0.5) is 0 Å². The highest BCUT2D eigenvalue weighted by atomic mass is 16.5. The zero-order valence-corrected chi connectivity index (χ0v) is 8.33. The average Bonchev–Trinajstić information content (AvgIpc) is 1.83. The SMILES string of the molecule is CC(=O)/C=C/OCC[N+](C)(C)C. The summed E-state index contributed by atoms with van der Waals surface area (Å²) in [5.74, 6) is 0.0141. The van der Waals surface area contributed by atoms with Crippen LogP contribution in [0, 0.1) is 0 Å². The molecule has 0 amide bonds. The molecule has 0 saturated heterocycles. The lowest BCUT2D eigenvalue weighted by molar-refractivity contribution is -0.870. The Balaban J connectivity index is 3.40. The highest BCUT2D eigenvalue weighted by Crippen LogP contribution is 1.89. The van der Waals surface area contributed by atoms with Crippen LogP contribution in [0.5, 0.6) is 0 Å². The number of ether oxygens (including phenoxy) is 1. The largest absolute Gasteiger partial charge is 0.495 e. The van der Waals surface area contributed by atoms with Gasteiger partial charge in [-0.3, -0.25) is 4.79 Å². The van der Waals surface area contributed by atoms with Crippen molar-refractivity contribution in [2.75, 3.05) is 34.3 Å². The Morgan fingerprint density at radius 3 is 2.42 bits per heavy atom. The summed E-state index contributed by atoms with van der Waals surface area (Å²) < 4.78 is 5.97. The number of hydrogen-bond acceptors (Lipinski definition) is 2. The molecule has 0 bridgehead atoms. The molecule has 0 aromatic rings. The summed E-state index contributed by atoms with van der Waals surface area (Å²) in [5, 5.41) is 0. The minimum absolute atomic E-state index is 0.0141. The van der Waals surface area contributed by atoms with Crippen molar-refractivity contribution >= 4 is 5.78 Å². The van der Waals surface area contributed by atoms with E-state index in [-0.39, 0.29) is 5.78 Å². The lowest BCUT2D eigenvalue weighted by Gasteiger charge is -2.22. The average molecular weight is 172 g/mol. The third kappa shape index (κ3) is 9.17. The van der Waals surface area contributed by atoms with Crippen molar-refractivity contribution in [3.63, 3.8) is 0 Å². The molecule has 0 aliphatic heterocycles. The molecule has 0 N–H and O–H groups in total. The van der Waals surface area contributed by atoms with Gasteiger partial charge in [0.2, 0.25) is 0 Å². The molecular weight excluding hydrogens is 154 g/mol. The first-order valence-electron chi connectivity index (χ1n) is 4.01. The molecular formula is C9H18NO2+. The predicted octanol–water partition coefficient (Wildman–Crippen LogP) is 0.812. The lowest BCUT2D eigenvalue weighted by Crippen LogP contribution is -2.37. The number of carbonyl (C=O) groups excluding carboxylic acids is 1. The number of nitrogens with zero attached hydrogens (tertiary/aromatic N) is 1. The van der Waals surface area contributed by atoms with E-state index < -0.39 is 0 Å². The van der Waals surface area contributed by atoms with E-state index in [2.05, 4.69) is 21.1 Å². The normalized spacial score (nSPS) is 12.0. The van der Waals surface area contributed by atoms with E-state index in [1.165, 1.54) is 19.3 Å². The van der Waals surface area contributed by atoms with Crippen molar-refractivity contribution in [1.82, 2.24) is 0 Å². The molecule has 3 nitrogen and oxygen atoms in total. The van der Waals surface area contributed by atoms with Crippen molar-refractivity contribution in [3.05, 3.63) is 12.3 Å². The molecule has 0 heterocycles. The number of ketones is 1. The molecule has 0 rings (SSSR count). The van der Waals surface area contributed by atoms with Gasteiger partial charge in [0, 0.05) is 6.08 Å². The van der Waals surface area contributed by atoms with E-state index in [1.807, 2.05) is 0 Å². The van der Waals surface area contributed by atoms with Crippen LogP contribution in [0.1, 0.15) is 6.92 Å². The first-order valence-corrected chi connectivity index (χ1v) is 4.01. The van der Waals surface area contributed by atoms with E-state index in [0.29, 0.717) is 6.61 Å². The molecule has 0 spiro atoms. The summed E-state index contributed by atoms with van der Waals surface area (Å²) in [6.45, 7) is 3.08. The minimum atomic E-state index is 0.0141. The Kier molecular flexibility index (Phi) is 4.59. The lowest BCUT2D eigenvalue weighted by atomic mass is 10.4. The number of hydrogen-bond donors (Lipinski definition) is 0. The molecule has 0 atom stereocenters. The van der Waals surface area contributed by atoms with Gasteiger partial charge in [0.15, 0.2) is 5.78 Å². The van der Waals surface area contributed by atoms with Gasteiger partial charge in [0.25, 0.3) is 0 Å². The van der Waals surface area contributed by atoms with Gasteiger partial charge in [0.05, 0.1) is 27.4 Å². The third-order valence-corrected chi connectivity index (χ3v) is 1.28. The molecule has 70 valence electrons. The molecule has 3 heteroatoms. The Hall–Kier alpha value is -0.830. The Labute approximate surface area is 74.2 Å². The van der Waals surface area contributed by atoms with E-state index in [9.17, 15) is 4.79 Å². The number of allylic oxidation sites excluding steroid dienone is 1. The van der Waals surface area contributed by atoms with E-state index in [1.54, 1.807) is 0 Å². The van der Waals surface area contributed by atoms with Gasteiger partial charge in [-0.1, -0.05) is 0 Å². The van der Waals surface area contributed by atoms with Gasteiger partial charge >= 0.3 is 0 Å². The Bertz CT molecular complexity index is 168. The zero-order chi connectivity index (χ0) is 9.61. The maximum absolute atomic E-state index is 10.4. The molecule has 0 saturated carbocycles. The van der Waals surface area contributed by atoms with E-state index >= 15 is 0 Å². The van der Waals surface area contributed by atoms with Gasteiger partial charge in [0.1, 0.15) is 13.2 Å². The van der Waals surface area contributed by atoms with Crippen molar-refractivity contribution in [2.45, 2.75) is 6.92 Å². The summed E-state index contributed by atoms with van der Waals surface area (Å²) in [5.41, 5.74) is 0. The number of carbonyl (C=O) groups is 1. The maximum Gasteiger partial charge on any atom is 0.155 e.